The number of amides is 2. The van der Waals surface area contributed by atoms with Crippen molar-refractivity contribution in [1.29, 1.82) is 0 Å². The quantitative estimate of drug-likeness (QED) is 0.840. The molecule has 7 nitrogen and oxygen atoms in total. The lowest BCUT2D eigenvalue weighted by atomic mass is 9.87. The first-order chi connectivity index (χ1) is 11.6. The minimum atomic E-state index is -0.762. The predicted octanol–water partition coefficient (Wildman–Crippen LogP) is 1.60. The summed E-state index contributed by atoms with van der Waals surface area (Å²) >= 11 is 0. The minimum Gasteiger partial charge on any atom is -0.469 e. The summed E-state index contributed by atoms with van der Waals surface area (Å²) in [5, 5.41) is 5.47. The summed E-state index contributed by atoms with van der Waals surface area (Å²) in [5.74, 6) is -0.439. The number of hydrogen-bond donors (Lipinski definition) is 2. The largest absolute Gasteiger partial charge is 0.469 e. The highest BCUT2D eigenvalue weighted by atomic mass is 16.5. The van der Waals surface area contributed by atoms with Crippen LogP contribution in [0.1, 0.15) is 50.2 Å². The predicted molar refractivity (Wildman–Crippen MR) is 91.1 cm³/mol. The molecule has 1 aromatic rings. The Bertz CT molecular complexity index is 659. The standard InChI is InChI=1S/C18H26N2O5/c1-10-12(6-7-24-10)16(22)19-13(8-18(3,4)5)17(23)20-15-11(2)25-9-14(15)21/h6-7,11,13,15H,8-9H2,1-5H3,(H,19,22)(H,20,23)/t11-,13-,15-/m0/s1. The van der Waals surface area contributed by atoms with Crippen LogP contribution in [-0.4, -0.2) is 42.4 Å². The molecule has 0 unspecified atom stereocenters. The van der Waals surface area contributed by atoms with E-state index in [2.05, 4.69) is 10.6 Å². The van der Waals surface area contributed by atoms with Crippen molar-refractivity contribution < 1.29 is 23.5 Å². The third-order valence-corrected chi connectivity index (χ3v) is 4.14. The van der Waals surface area contributed by atoms with Gasteiger partial charge < -0.3 is 19.8 Å². The molecule has 0 saturated carbocycles. The van der Waals surface area contributed by atoms with Gasteiger partial charge in [-0.1, -0.05) is 20.8 Å². The number of carbonyl (C=O) groups excluding carboxylic acids is 3. The number of nitrogens with one attached hydrogen (secondary N) is 2. The summed E-state index contributed by atoms with van der Waals surface area (Å²) in [6, 6.07) is 0.123. The molecule has 2 rings (SSSR count). The maximum absolute atomic E-state index is 12.7. The van der Waals surface area contributed by atoms with Crippen LogP contribution in [-0.2, 0) is 14.3 Å². The monoisotopic (exact) mass is 350 g/mol. The molecular formula is C18H26N2O5. The third-order valence-electron chi connectivity index (χ3n) is 4.14. The summed E-state index contributed by atoms with van der Waals surface area (Å²) < 4.78 is 10.4. The first-order valence-corrected chi connectivity index (χ1v) is 8.38. The second-order valence-electron chi connectivity index (χ2n) is 7.65. The molecule has 1 aliphatic rings. The van der Waals surface area contributed by atoms with Crippen molar-refractivity contribution in [1.82, 2.24) is 10.6 Å². The molecule has 3 atom stereocenters. The van der Waals surface area contributed by atoms with Gasteiger partial charge in [0.05, 0.1) is 17.9 Å². The lowest BCUT2D eigenvalue weighted by molar-refractivity contribution is -0.128. The normalized spacial score (nSPS) is 21.9. The van der Waals surface area contributed by atoms with Crippen LogP contribution in [0.5, 0.6) is 0 Å². The van der Waals surface area contributed by atoms with Gasteiger partial charge in [-0.3, -0.25) is 14.4 Å². The zero-order chi connectivity index (χ0) is 18.8. The lowest BCUT2D eigenvalue weighted by Gasteiger charge is -2.27. The molecule has 0 radical (unpaired) electrons. The fourth-order valence-electron chi connectivity index (χ4n) is 2.79. The van der Waals surface area contributed by atoms with E-state index in [1.54, 1.807) is 19.9 Å². The highest BCUT2D eigenvalue weighted by molar-refractivity contribution is 5.99. The highest BCUT2D eigenvalue weighted by Gasteiger charge is 2.36. The van der Waals surface area contributed by atoms with E-state index < -0.39 is 12.1 Å². The summed E-state index contributed by atoms with van der Waals surface area (Å²) in [5.41, 5.74) is 0.197. The molecule has 138 valence electrons. The summed E-state index contributed by atoms with van der Waals surface area (Å²) in [4.78, 5) is 37.0. The molecule has 1 fully saturated rings. The zero-order valence-electron chi connectivity index (χ0n) is 15.3. The smallest absolute Gasteiger partial charge is 0.255 e. The van der Waals surface area contributed by atoms with Gasteiger partial charge in [0.1, 0.15) is 24.5 Å². The fraction of sp³-hybridized carbons (Fsp3) is 0.611. The van der Waals surface area contributed by atoms with Crippen molar-refractivity contribution in [2.45, 2.75) is 59.2 Å². The Morgan fingerprint density at radius 1 is 1.36 bits per heavy atom. The average Bonchev–Trinajstić information content (AvgIpc) is 3.05. The number of furan rings is 1. The van der Waals surface area contributed by atoms with Crippen molar-refractivity contribution in [2.24, 2.45) is 5.41 Å². The van der Waals surface area contributed by atoms with E-state index in [0.29, 0.717) is 17.7 Å². The van der Waals surface area contributed by atoms with Gasteiger partial charge in [-0.05, 0) is 31.7 Å². The Hall–Kier alpha value is -2.15. The SMILES string of the molecule is Cc1occc1C(=O)N[C@@H](CC(C)(C)C)C(=O)N[C@@H]1C(=O)CO[C@H]1C. The zero-order valence-corrected chi connectivity index (χ0v) is 15.3. The number of rotatable bonds is 5. The van der Waals surface area contributed by atoms with Gasteiger partial charge in [-0.25, -0.2) is 0 Å². The molecule has 0 spiro atoms. The van der Waals surface area contributed by atoms with Gasteiger partial charge in [0, 0.05) is 0 Å². The maximum Gasteiger partial charge on any atom is 0.255 e. The first kappa shape index (κ1) is 19.2. The molecule has 2 N–H and O–H groups in total. The minimum absolute atomic E-state index is 0.00335. The van der Waals surface area contributed by atoms with Crippen molar-refractivity contribution in [2.75, 3.05) is 6.61 Å². The van der Waals surface area contributed by atoms with Gasteiger partial charge in [0.2, 0.25) is 5.91 Å². The van der Waals surface area contributed by atoms with Crippen LogP contribution in [0.2, 0.25) is 0 Å². The lowest BCUT2D eigenvalue weighted by Crippen LogP contribution is -2.53. The van der Waals surface area contributed by atoms with E-state index in [4.69, 9.17) is 9.15 Å². The first-order valence-electron chi connectivity index (χ1n) is 8.38. The van der Waals surface area contributed by atoms with Gasteiger partial charge in [0.15, 0.2) is 5.78 Å². The molecule has 1 aromatic heterocycles. The number of aryl methyl sites for hydroxylation is 1. The molecule has 0 bridgehead atoms. The van der Waals surface area contributed by atoms with E-state index in [-0.39, 0.29) is 35.7 Å². The van der Waals surface area contributed by atoms with Crippen LogP contribution in [0.25, 0.3) is 0 Å². The van der Waals surface area contributed by atoms with E-state index in [9.17, 15) is 14.4 Å². The number of hydrogen-bond acceptors (Lipinski definition) is 5. The van der Waals surface area contributed by atoms with Crippen LogP contribution in [0, 0.1) is 12.3 Å². The topological polar surface area (TPSA) is 97.6 Å². The van der Waals surface area contributed by atoms with Crippen LogP contribution in [0.4, 0.5) is 0 Å². The number of carbonyl (C=O) groups is 3. The van der Waals surface area contributed by atoms with Crippen molar-refractivity contribution in [3.05, 3.63) is 23.7 Å². The second kappa shape index (κ2) is 7.39. The third kappa shape index (κ3) is 4.92. The van der Waals surface area contributed by atoms with E-state index in [1.165, 1.54) is 6.26 Å². The fourth-order valence-corrected chi connectivity index (χ4v) is 2.79. The van der Waals surface area contributed by atoms with E-state index >= 15 is 0 Å². The Labute approximate surface area is 147 Å². The average molecular weight is 350 g/mol. The Balaban J connectivity index is 2.12. The summed E-state index contributed by atoms with van der Waals surface area (Å²) in [6.07, 6.45) is 1.48. The van der Waals surface area contributed by atoms with Crippen molar-refractivity contribution >= 4 is 17.6 Å². The maximum atomic E-state index is 12.7. The Morgan fingerprint density at radius 2 is 2.04 bits per heavy atom. The molecule has 1 saturated heterocycles. The van der Waals surface area contributed by atoms with Crippen molar-refractivity contribution in [3.8, 4) is 0 Å². The molecule has 0 aromatic carbocycles. The summed E-state index contributed by atoms with van der Waals surface area (Å²) in [7, 11) is 0. The summed E-state index contributed by atoms with van der Waals surface area (Å²) in [6.45, 7) is 9.36. The second-order valence-corrected chi connectivity index (χ2v) is 7.65. The van der Waals surface area contributed by atoms with Crippen LogP contribution < -0.4 is 10.6 Å². The van der Waals surface area contributed by atoms with Gasteiger partial charge in [-0.15, -0.1) is 0 Å². The molecule has 7 heteroatoms. The van der Waals surface area contributed by atoms with Crippen LogP contribution in [0.15, 0.2) is 16.7 Å². The van der Waals surface area contributed by atoms with E-state index in [1.807, 2.05) is 20.8 Å². The molecule has 2 heterocycles. The van der Waals surface area contributed by atoms with Gasteiger partial charge in [-0.2, -0.15) is 0 Å². The molecule has 0 aliphatic carbocycles. The Morgan fingerprint density at radius 3 is 2.52 bits per heavy atom. The van der Waals surface area contributed by atoms with Gasteiger partial charge >= 0.3 is 0 Å². The molecular weight excluding hydrogens is 324 g/mol. The molecule has 2 amide bonds. The van der Waals surface area contributed by atoms with Crippen LogP contribution >= 0.6 is 0 Å². The molecule has 25 heavy (non-hydrogen) atoms. The number of Topliss-reactive ketones (excluding diaryl/α,β-unsaturated/α-hetero) is 1. The number of ether oxygens (including phenoxy) is 1. The van der Waals surface area contributed by atoms with E-state index in [0.717, 1.165) is 0 Å². The van der Waals surface area contributed by atoms with Gasteiger partial charge in [0.25, 0.3) is 5.91 Å². The Kier molecular flexibility index (Phi) is 5.67. The molecule has 1 aliphatic heterocycles. The van der Waals surface area contributed by atoms with Crippen molar-refractivity contribution in [3.63, 3.8) is 0 Å². The number of ketones is 1. The van der Waals surface area contributed by atoms with Crippen LogP contribution in [0.3, 0.4) is 0 Å². The highest BCUT2D eigenvalue weighted by Crippen LogP contribution is 2.22.